The monoisotopic (exact) mass is 371 g/mol. The van der Waals surface area contributed by atoms with Crippen LogP contribution in [0.5, 0.6) is 0 Å². The normalized spacial score (nSPS) is 16.7. The van der Waals surface area contributed by atoms with Gasteiger partial charge in [-0.3, -0.25) is 24.4 Å². The maximum Gasteiger partial charge on any atom is 0.408 e. The van der Waals surface area contributed by atoms with Crippen molar-refractivity contribution in [3.63, 3.8) is 0 Å². The Morgan fingerprint density at radius 2 is 2.19 bits per heavy atom. The molecule has 3 heterocycles. The number of carbonyl (C=O) groups excluding carboxylic acids is 2. The van der Waals surface area contributed by atoms with Crippen LogP contribution in [0.1, 0.15) is 28.5 Å². The van der Waals surface area contributed by atoms with Gasteiger partial charge in [0.25, 0.3) is 11.6 Å². The molecule has 1 N–H and O–H groups in total. The first-order chi connectivity index (χ1) is 12.2. The Kier molecular flexibility index (Phi) is 4.30. The number of rotatable bonds is 4. The fourth-order valence-electron chi connectivity index (χ4n) is 2.89. The van der Waals surface area contributed by atoms with Gasteiger partial charge in [-0.2, -0.15) is 18.3 Å². The summed E-state index contributed by atoms with van der Waals surface area (Å²) in [6.45, 7) is -1.32. The van der Waals surface area contributed by atoms with E-state index >= 15 is 0 Å². The fourth-order valence-corrected chi connectivity index (χ4v) is 2.89. The van der Waals surface area contributed by atoms with E-state index in [2.05, 4.69) is 9.84 Å². The number of nitrogens with zero attached hydrogens (tertiary/aromatic N) is 4. The van der Waals surface area contributed by atoms with Crippen LogP contribution in [-0.4, -0.2) is 40.2 Å². The molecule has 1 aliphatic heterocycles. The van der Waals surface area contributed by atoms with Gasteiger partial charge in [-0.1, -0.05) is 0 Å². The molecule has 138 valence electrons. The molecule has 3 rings (SSSR count). The topological polar surface area (TPSA) is 88.5 Å². The molecule has 8 nitrogen and oxygen atoms in total. The maximum atomic E-state index is 12.7. The molecular formula is C15H14F3N4O4+. The zero-order valence-corrected chi connectivity index (χ0v) is 13.5. The van der Waals surface area contributed by atoms with Crippen molar-refractivity contribution in [2.75, 3.05) is 12.0 Å². The highest BCUT2D eigenvalue weighted by molar-refractivity contribution is 6.10. The summed E-state index contributed by atoms with van der Waals surface area (Å²) in [6.07, 6.45) is -1.32. The average molecular weight is 371 g/mol. The van der Waals surface area contributed by atoms with E-state index in [1.165, 1.54) is 25.4 Å². The summed E-state index contributed by atoms with van der Waals surface area (Å²) in [5.74, 6) is -1.21. The first-order valence-electron chi connectivity index (χ1n) is 7.44. The molecule has 0 radical (unpaired) electrons. The third kappa shape index (κ3) is 3.19. The Labute approximate surface area is 145 Å². The first kappa shape index (κ1) is 17.7. The van der Waals surface area contributed by atoms with E-state index in [0.29, 0.717) is 9.41 Å². The summed E-state index contributed by atoms with van der Waals surface area (Å²) in [5.41, 5.74) is 0.350. The number of amides is 1. The summed E-state index contributed by atoms with van der Waals surface area (Å²) >= 11 is 0. The van der Waals surface area contributed by atoms with Gasteiger partial charge < -0.3 is 4.74 Å². The van der Waals surface area contributed by atoms with Crippen molar-refractivity contribution < 1.29 is 37.4 Å². The predicted octanol–water partition coefficient (Wildman–Crippen LogP) is 1.23. The second-order valence-electron chi connectivity index (χ2n) is 5.63. The van der Waals surface area contributed by atoms with Crippen LogP contribution in [0.15, 0.2) is 30.7 Å². The number of hydrogen-bond acceptors (Lipinski definition) is 5. The maximum absolute atomic E-state index is 12.7. The van der Waals surface area contributed by atoms with Gasteiger partial charge in [-0.05, 0) is 6.07 Å². The van der Waals surface area contributed by atoms with E-state index in [1.807, 2.05) is 0 Å². The molecule has 1 amide bonds. The van der Waals surface area contributed by atoms with Crippen LogP contribution < -0.4 is 9.63 Å². The highest BCUT2D eigenvalue weighted by Gasteiger charge is 2.47. The largest absolute Gasteiger partial charge is 0.469 e. The number of fused-ring (bicyclic) bond motifs is 1. The van der Waals surface area contributed by atoms with Crippen molar-refractivity contribution in [1.29, 1.82) is 0 Å². The minimum absolute atomic E-state index is 0.0735. The third-order valence-electron chi connectivity index (χ3n) is 3.92. The Balaban J connectivity index is 2.01. The van der Waals surface area contributed by atoms with Gasteiger partial charge in [-0.25, -0.2) is 0 Å². The summed E-state index contributed by atoms with van der Waals surface area (Å²) in [5, 5.41) is 13.7. The van der Waals surface area contributed by atoms with Crippen molar-refractivity contribution in [3.05, 3.63) is 42.0 Å². The lowest BCUT2D eigenvalue weighted by Crippen LogP contribution is -2.38. The van der Waals surface area contributed by atoms with Crippen LogP contribution in [0.3, 0.4) is 0 Å². The smallest absolute Gasteiger partial charge is 0.408 e. The Bertz CT molecular complexity index is 865. The zero-order chi connectivity index (χ0) is 19.1. The number of esters is 1. The average Bonchev–Trinajstić information content (AvgIpc) is 3.09. The van der Waals surface area contributed by atoms with Gasteiger partial charge in [0.2, 0.25) is 6.20 Å². The Morgan fingerprint density at radius 1 is 1.46 bits per heavy atom. The number of pyridine rings is 1. The summed E-state index contributed by atoms with van der Waals surface area (Å²) in [7, 11) is 1.17. The standard InChI is InChI=1S/C15H14F3N4O4/c1-26-12(23)5-11-13-10(3-2-4-21(13)25)14(24)22(11)9-6-19-20(7-9)8-15(16,17)18/h2-4,6-7,11,25H,5,8H2,1H3/q+1. The Hall–Kier alpha value is -3.11. The molecule has 2 aromatic heterocycles. The van der Waals surface area contributed by atoms with Crippen molar-refractivity contribution in [2.45, 2.75) is 25.2 Å². The van der Waals surface area contributed by atoms with Crippen molar-refractivity contribution >= 4 is 17.6 Å². The highest BCUT2D eigenvalue weighted by Crippen LogP contribution is 2.37. The molecular weight excluding hydrogens is 357 g/mol. The van der Waals surface area contributed by atoms with Gasteiger partial charge in [0, 0.05) is 17.0 Å². The zero-order valence-electron chi connectivity index (χ0n) is 13.5. The second kappa shape index (κ2) is 6.32. The van der Waals surface area contributed by atoms with E-state index in [0.717, 1.165) is 17.3 Å². The van der Waals surface area contributed by atoms with Crippen LogP contribution in [-0.2, 0) is 16.1 Å². The molecule has 0 aromatic carbocycles. The van der Waals surface area contributed by atoms with E-state index in [-0.39, 0.29) is 23.4 Å². The summed E-state index contributed by atoms with van der Waals surface area (Å²) in [6, 6.07) is 1.94. The lowest BCUT2D eigenvalue weighted by Gasteiger charge is -2.20. The molecule has 2 aromatic rings. The minimum atomic E-state index is -4.47. The van der Waals surface area contributed by atoms with Crippen molar-refractivity contribution in [2.24, 2.45) is 0 Å². The van der Waals surface area contributed by atoms with Crippen molar-refractivity contribution in [3.8, 4) is 0 Å². The molecule has 11 heteroatoms. The fraction of sp³-hybridized carbons (Fsp3) is 0.333. The lowest BCUT2D eigenvalue weighted by atomic mass is 10.1. The number of ether oxygens (including phenoxy) is 1. The molecule has 1 unspecified atom stereocenters. The number of halogens is 3. The van der Waals surface area contributed by atoms with Gasteiger partial charge in [0.05, 0.1) is 25.4 Å². The van der Waals surface area contributed by atoms with Gasteiger partial charge in [0.1, 0.15) is 18.2 Å². The molecule has 0 fully saturated rings. The van der Waals surface area contributed by atoms with Crippen LogP contribution in [0.4, 0.5) is 18.9 Å². The Morgan fingerprint density at radius 3 is 2.85 bits per heavy atom. The van der Waals surface area contributed by atoms with E-state index < -0.39 is 30.6 Å². The number of methoxy groups -OCH3 is 1. The molecule has 0 bridgehead atoms. The molecule has 0 saturated carbocycles. The molecule has 1 atom stereocenters. The molecule has 0 spiro atoms. The van der Waals surface area contributed by atoms with Gasteiger partial charge >= 0.3 is 12.1 Å². The van der Waals surface area contributed by atoms with Crippen LogP contribution in [0.2, 0.25) is 0 Å². The van der Waals surface area contributed by atoms with E-state index in [9.17, 15) is 28.0 Å². The number of anilines is 1. The molecule has 0 aliphatic carbocycles. The summed E-state index contributed by atoms with van der Waals surface area (Å²) < 4.78 is 43.6. The quantitative estimate of drug-likeness (QED) is 0.496. The predicted molar refractivity (Wildman–Crippen MR) is 78.3 cm³/mol. The number of carbonyl (C=O) groups is 2. The van der Waals surface area contributed by atoms with Crippen molar-refractivity contribution in [1.82, 2.24) is 9.78 Å². The third-order valence-corrected chi connectivity index (χ3v) is 3.92. The second-order valence-corrected chi connectivity index (χ2v) is 5.63. The van der Waals surface area contributed by atoms with Crippen LogP contribution in [0.25, 0.3) is 0 Å². The number of hydrogen-bond donors (Lipinski definition) is 1. The van der Waals surface area contributed by atoms with Gasteiger partial charge in [-0.15, -0.1) is 0 Å². The number of alkyl halides is 3. The molecule has 26 heavy (non-hydrogen) atoms. The van der Waals surface area contributed by atoms with E-state index in [4.69, 9.17) is 0 Å². The number of aromatic nitrogens is 3. The lowest BCUT2D eigenvalue weighted by molar-refractivity contribution is -0.910. The molecule has 1 aliphatic rings. The highest BCUT2D eigenvalue weighted by atomic mass is 19.4. The van der Waals surface area contributed by atoms with Gasteiger partial charge in [0.15, 0.2) is 0 Å². The molecule has 0 saturated heterocycles. The minimum Gasteiger partial charge on any atom is -0.469 e. The van der Waals surface area contributed by atoms with Crippen LogP contribution in [0, 0.1) is 0 Å². The first-order valence-corrected chi connectivity index (χ1v) is 7.44. The van der Waals surface area contributed by atoms with E-state index in [1.54, 1.807) is 0 Å². The summed E-state index contributed by atoms with van der Waals surface area (Å²) in [4.78, 5) is 25.6. The van der Waals surface area contributed by atoms with Crippen LogP contribution >= 0.6 is 0 Å². The SMILES string of the molecule is COC(=O)CC1c2c(ccc[n+]2O)C(=O)N1c1cnn(CC(F)(F)F)c1.